The predicted octanol–water partition coefficient (Wildman–Crippen LogP) is 4.28. The summed E-state index contributed by atoms with van der Waals surface area (Å²) >= 11 is 0. The second kappa shape index (κ2) is 3.90. The Labute approximate surface area is 91.6 Å². The van der Waals surface area contributed by atoms with E-state index in [1.54, 1.807) is 0 Å². The van der Waals surface area contributed by atoms with Gasteiger partial charge in [-0.25, -0.2) is 0 Å². The van der Waals surface area contributed by atoms with Crippen LogP contribution >= 0.6 is 0 Å². The predicted molar refractivity (Wildman–Crippen MR) is 66.1 cm³/mol. The van der Waals surface area contributed by atoms with E-state index in [4.69, 9.17) is 0 Å². The number of hydrogen-bond donors (Lipinski definition) is 0. The van der Waals surface area contributed by atoms with Crippen LogP contribution in [-0.4, -0.2) is 0 Å². The molecule has 0 amide bonds. The number of hydrogen-bond acceptors (Lipinski definition) is 0. The molecule has 0 saturated carbocycles. The summed E-state index contributed by atoms with van der Waals surface area (Å²) < 4.78 is 0. The van der Waals surface area contributed by atoms with Crippen molar-refractivity contribution in [3.63, 3.8) is 0 Å². The van der Waals surface area contributed by atoms with Crippen molar-refractivity contribution in [2.45, 2.75) is 20.8 Å². The quantitative estimate of drug-likeness (QED) is 0.638. The first-order valence-electron chi connectivity index (χ1n) is 5.32. The molecule has 2 aromatic rings. The molecule has 15 heavy (non-hydrogen) atoms. The molecular formula is C15H16. The maximum Gasteiger partial charge on any atom is -0.0152 e. The second-order valence-corrected chi connectivity index (χ2v) is 4.05. The van der Waals surface area contributed by atoms with Crippen LogP contribution in [0, 0.1) is 20.8 Å². The zero-order valence-electron chi connectivity index (χ0n) is 9.54. The van der Waals surface area contributed by atoms with Crippen LogP contribution in [0.2, 0.25) is 0 Å². The summed E-state index contributed by atoms with van der Waals surface area (Å²) in [5.41, 5.74) is 6.81. The van der Waals surface area contributed by atoms with E-state index in [9.17, 15) is 0 Å². The Balaban J connectivity index is 2.60. The van der Waals surface area contributed by atoms with E-state index in [1.165, 1.54) is 27.8 Å². The van der Waals surface area contributed by atoms with Gasteiger partial charge in [-0.15, -0.1) is 0 Å². The van der Waals surface area contributed by atoms with E-state index in [0.717, 1.165) is 0 Å². The monoisotopic (exact) mass is 196 g/mol. The van der Waals surface area contributed by atoms with Crippen LogP contribution in [0.3, 0.4) is 0 Å². The standard InChI is InChI=1S/C15H16/c1-11-9-10-15(13(3)12(11)2)14-7-5-4-6-8-14/h4-10H,1-3H3. The molecule has 76 valence electrons. The lowest BCUT2D eigenvalue weighted by atomic mass is 9.94. The van der Waals surface area contributed by atoms with E-state index in [0.29, 0.717) is 0 Å². The van der Waals surface area contributed by atoms with Crippen molar-refractivity contribution in [1.29, 1.82) is 0 Å². The summed E-state index contributed by atoms with van der Waals surface area (Å²) in [6.07, 6.45) is 0. The molecule has 0 nitrogen and oxygen atoms in total. The second-order valence-electron chi connectivity index (χ2n) is 4.05. The zero-order valence-corrected chi connectivity index (χ0v) is 9.54. The van der Waals surface area contributed by atoms with Crippen LogP contribution < -0.4 is 0 Å². The molecule has 0 aliphatic carbocycles. The maximum absolute atomic E-state index is 2.22. The van der Waals surface area contributed by atoms with Gasteiger partial charge in [0.2, 0.25) is 0 Å². The minimum Gasteiger partial charge on any atom is -0.0622 e. The fourth-order valence-electron chi connectivity index (χ4n) is 1.89. The first kappa shape index (κ1) is 9.97. The van der Waals surface area contributed by atoms with Crippen LogP contribution in [-0.2, 0) is 0 Å². The third kappa shape index (κ3) is 1.80. The Bertz CT molecular complexity index is 467. The Morgan fingerprint density at radius 1 is 0.667 bits per heavy atom. The van der Waals surface area contributed by atoms with Crippen LogP contribution in [0.25, 0.3) is 11.1 Å². The molecule has 2 rings (SSSR count). The highest BCUT2D eigenvalue weighted by Crippen LogP contribution is 2.26. The smallest absolute Gasteiger partial charge is 0.0152 e. The molecule has 0 aliphatic heterocycles. The largest absolute Gasteiger partial charge is 0.0622 e. The van der Waals surface area contributed by atoms with Crippen LogP contribution in [0.4, 0.5) is 0 Å². The van der Waals surface area contributed by atoms with Crippen molar-refractivity contribution >= 4 is 0 Å². The molecule has 0 aliphatic rings. The van der Waals surface area contributed by atoms with Gasteiger partial charge < -0.3 is 0 Å². The van der Waals surface area contributed by atoms with Gasteiger partial charge in [0.15, 0.2) is 0 Å². The SMILES string of the molecule is Cc1ccc(-c2ccccc2)c(C)c1C. The molecule has 0 spiro atoms. The van der Waals surface area contributed by atoms with E-state index >= 15 is 0 Å². The molecule has 0 unspecified atom stereocenters. The fraction of sp³-hybridized carbons (Fsp3) is 0.200. The Hall–Kier alpha value is -1.56. The highest BCUT2D eigenvalue weighted by Gasteiger charge is 2.04. The summed E-state index contributed by atoms with van der Waals surface area (Å²) in [5, 5.41) is 0. The summed E-state index contributed by atoms with van der Waals surface area (Å²) in [6.45, 7) is 6.55. The Morgan fingerprint density at radius 2 is 1.33 bits per heavy atom. The van der Waals surface area contributed by atoms with E-state index in [2.05, 4.69) is 63.2 Å². The molecule has 0 aromatic heterocycles. The first-order chi connectivity index (χ1) is 7.20. The van der Waals surface area contributed by atoms with Crippen molar-refractivity contribution in [3.05, 3.63) is 59.2 Å². The maximum atomic E-state index is 2.22. The third-order valence-electron chi connectivity index (χ3n) is 3.14. The van der Waals surface area contributed by atoms with E-state index in [-0.39, 0.29) is 0 Å². The average molecular weight is 196 g/mol. The Kier molecular flexibility index (Phi) is 2.59. The van der Waals surface area contributed by atoms with Gasteiger partial charge in [0, 0.05) is 0 Å². The van der Waals surface area contributed by atoms with Crippen molar-refractivity contribution in [2.75, 3.05) is 0 Å². The summed E-state index contributed by atoms with van der Waals surface area (Å²) in [6, 6.07) is 15.0. The summed E-state index contributed by atoms with van der Waals surface area (Å²) in [7, 11) is 0. The average Bonchev–Trinajstić information content (AvgIpc) is 2.27. The number of aryl methyl sites for hydroxylation is 1. The number of benzene rings is 2. The van der Waals surface area contributed by atoms with Gasteiger partial charge >= 0.3 is 0 Å². The van der Waals surface area contributed by atoms with Crippen molar-refractivity contribution in [2.24, 2.45) is 0 Å². The van der Waals surface area contributed by atoms with Crippen molar-refractivity contribution < 1.29 is 0 Å². The summed E-state index contributed by atoms with van der Waals surface area (Å²) in [5.74, 6) is 0. The van der Waals surface area contributed by atoms with E-state index in [1.807, 2.05) is 0 Å². The zero-order chi connectivity index (χ0) is 10.8. The molecule has 0 N–H and O–H groups in total. The highest BCUT2D eigenvalue weighted by molar-refractivity contribution is 5.69. The van der Waals surface area contributed by atoms with Crippen LogP contribution in [0.15, 0.2) is 42.5 Å². The molecule has 0 bridgehead atoms. The highest BCUT2D eigenvalue weighted by atomic mass is 14.1. The van der Waals surface area contributed by atoms with Crippen molar-refractivity contribution in [3.8, 4) is 11.1 Å². The van der Waals surface area contributed by atoms with Crippen LogP contribution in [0.1, 0.15) is 16.7 Å². The van der Waals surface area contributed by atoms with Crippen LogP contribution in [0.5, 0.6) is 0 Å². The van der Waals surface area contributed by atoms with Gasteiger partial charge in [-0.1, -0.05) is 42.5 Å². The molecule has 0 heterocycles. The topological polar surface area (TPSA) is 0 Å². The molecular weight excluding hydrogens is 180 g/mol. The lowest BCUT2D eigenvalue weighted by molar-refractivity contribution is 1.27. The molecule has 2 aromatic carbocycles. The van der Waals surface area contributed by atoms with Gasteiger partial charge in [-0.2, -0.15) is 0 Å². The van der Waals surface area contributed by atoms with E-state index < -0.39 is 0 Å². The summed E-state index contributed by atoms with van der Waals surface area (Å²) in [4.78, 5) is 0. The molecule has 0 radical (unpaired) electrons. The molecule has 0 heteroatoms. The number of rotatable bonds is 1. The van der Waals surface area contributed by atoms with Gasteiger partial charge in [0.1, 0.15) is 0 Å². The fourth-order valence-corrected chi connectivity index (χ4v) is 1.89. The first-order valence-corrected chi connectivity index (χ1v) is 5.32. The normalized spacial score (nSPS) is 10.3. The third-order valence-corrected chi connectivity index (χ3v) is 3.14. The molecule has 0 fully saturated rings. The van der Waals surface area contributed by atoms with Crippen molar-refractivity contribution in [1.82, 2.24) is 0 Å². The molecule has 0 saturated heterocycles. The minimum absolute atomic E-state index is 1.30. The minimum atomic E-state index is 1.30. The Morgan fingerprint density at radius 3 is 2.00 bits per heavy atom. The lowest BCUT2D eigenvalue weighted by Gasteiger charge is -2.11. The molecule has 0 atom stereocenters. The van der Waals surface area contributed by atoms with Gasteiger partial charge in [-0.05, 0) is 48.6 Å². The van der Waals surface area contributed by atoms with Gasteiger partial charge in [0.25, 0.3) is 0 Å². The van der Waals surface area contributed by atoms with Gasteiger partial charge in [0.05, 0.1) is 0 Å². The lowest BCUT2D eigenvalue weighted by Crippen LogP contribution is -1.90. The van der Waals surface area contributed by atoms with Gasteiger partial charge in [-0.3, -0.25) is 0 Å².